The molecular formula is C16H18ClN. The molecule has 0 amide bonds. The van der Waals surface area contributed by atoms with Gasteiger partial charge in [-0.15, -0.1) is 0 Å². The van der Waals surface area contributed by atoms with E-state index in [1.165, 1.54) is 16.7 Å². The summed E-state index contributed by atoms with van der Waals surface area (Å²) in [6.07, 6.45) is 0.986. The minimum atomic E-state index is 0.323. The van der Waals surface area contributed by atoms with Crippen LogP contribution in [0.25, 0.3) is 0 Å². The van der Waals surface area contributed by atoms with E-state index in [4.69, 9.17) is 11.6 Å². The summed E-state index contributed by atoms with van der Waals surface area (Å²) >= 11 is 5.92. The zero-order chi connectivity index (χ0) is 13.0. The van der Waals surface area contributed by atoms with Crippen LogP contribution in [-0.2, 0) is 6.42 Å². The Morgan fingerprint density at radius 3 is 2.44 bits per heavy atom. The maximum atomic E-state index is 5.92. The predicted octanol–water partition coefficient (Wildman–Crippen LogP) is 4.15. The van der Waals surface area contributed by atoms with Crippen LogP contribution in [-0.4, -0.2) is 7.05 Å². The molecule has 0 saturated heterocycles. The number of aryl methyl sites for hydroxylation is 1. The van der Waals surface area contributed by atoms with Crippen molar-refractivity contribution in [1.82, 2.24) is 5.32 Å². The molecule has 0 aromatic heterocycles. The van der Waals surface area contributed by atoms with Crippen molar-refractivity contribution < 1.29 is 0 Å². The van der Waals surface area contributed by atoms with Gasteiger partial charge in [-0.1, -0.05) is 53.6 Å². The molecule has 1 N–H and O–H groups in total. The fourth-order valence-electron chi connectivity index (χ4n) is 2.16. The Morgan fingerprint density at radius 1 is 1.11 bits per heavy atom. The Hall–Kier alpha value is -1.31. The Morgan fingerprint density at radius 2 is 1.83 bits per heavy atom. The molecule has 0 aliphatic carbocycles. The normalized spacial score (nSPS) is 12.4. The van der Waals surface area contributed by atoms with E-state index in [1.54, 1.807) is 0 Å². The van der Waals surface area contributed by atoms with Gasteiger partial charge in [-0.25, -0.2) is 0 Å². The van der Waals surface area contributed by atoms with Crippen molar-refractivity contribution in [2.24, 2.45) is 0 Å². The first-order valence-electron chi connectivity index (χ1n) is 6.17. The highest BCUT2D eigenvalue weighted by Gasteiger charge is 2.09. The van der Waals surface area contributed by atoms with Crippen LogP contribution in [0.1, 0.15) is 22.7 Å². The molecule has 94 valence electrons. The lowest BCUT2D eigenvalue weighted by Crippen LogP contribution is -2.18. The van der Waals surface area contributed by atoms with E-state index in [0.717, 1.165) is 11.4 Å². The zero-order valence-electron chi connectivity index (χ0n) is 10.8. The number of hydrogen-bond acceptors (Lipinski definition) is 1. The van der Waals surface area contributed by atoms with E-state index in [-0.39, 0.29) is 0 Å². The molecule has 1 nitrogen and oxygen atoms in total. The molecule has 0 fully saturated rings. The molecule has 0 heterocycles. The second-order valence-electron chi connectivity index (χ2n) is 4.59. The molecular weight excluding hydrogens is 242 g/mol. The highest BCUT2D eigenvalue weighted by Crippen LogP contribution is 2.20. The highest BCUT2D eigenvalue weighted by molar-refractivity contribution is 6.30. The summed E-state index contributed by atoms with van der Waals surface area (Å²) in [5.41, 5.74) is 3.92. The SMILES string of the molecule is CNC(Cc1cccc(C)c1)c1ccc(Cl)cc1. The number of hydrogen-bond donors (Lipinski definition) is 1. The first kappa shape index (κ1) is 13.1. The van der Waals surface area contributed by atoms with Gasteiger partial charge >= 0.3 is 0 Å². The van der Waals surface area contributed by atoms with Gasteiger partial charge in [0.15, 0.2) is 0 Å². The van der Waals surface area contributed by atoms with Crippen molar-refractivity contribution in [3.05, 3.63) is 70.2 Å². The average Bonchev–Trinajstić information content (AvgIpc) is 2.37. The molecule has 2 rings (SSSR count). The van der Waals surface area contributed by atoms with Gasteiger partial charge in [-0.3, -0.25) is 0 Å². The van der Waals surface area contributed by atoms with Crippen molar-refractivity contribution in [3.63, 3.8) is 0 Å². The molecule has 2 aromatic carbocycles. The third-order valence-corrected chi connectivity index (χ3v) is 3.40. The van der Waals surface area contributed by atoms with Gasteiger partial charge in [-0.2, -0.15) is 0 Å². The zero-order valence-corrected chi connectivity index (χ0v) is 11.5. The van der Waals surface area contributed by atoms with E-state index >= 15 is 0 Å². The van der Waals surface area contributed by atoms with Crippen LogP contribution in [0.3, 0.4) is 0 Å². The van der Waals surface area contributed by atoms with Gasteiger partial charge in [0.2, 0.25) is 0 Å². The minimum Gasteiger partial charge on any atom is -0.313 e. The first-order chi connectivity index (χ1) is 8.69. The average molecular weight is 260 g/mol. The summed E-state index contributed by atoms with van der Waals surface area (Å²) < 4.78 is 0. The maximum Gasteiger partial charge on any atom is 0.0406 e. The Labute approximate surface area is 114 Å². The molecule has 0 aliphatic rings. The van der Waals surface area contributed by atoms with Gasteiger partial charge in [-0.05, 0) is 43.7 Å². The van der Waals surface area contributed by atoms with E-state index < -0.39 is 0 Å². The molecule has 0 bridgehead atoms. The Balaban J connectivity index is 2.17. The summed E-state index contributed by atoms with van der Waals surface area (Å²) in [5, 5.41) is 4.14. The Kier molecular flexibility index (Phi) is 4.40. The van der Waals surface area contributed by atoms with Gasteiger partial charge in [0.1, 0.15) is 0 Å². The highest BCUT2D eigenvalue weighted by atomic mass is 35.5. The first-order valence-corrected chi connectivity index (χ1v) is 6.55. The van der Waals surface area contributed by atoms with E-state index in [1.807, 2.05) is 19.2 Å². The third-order valence-electron chi connectivity index (χ3n) is 3.14. The maximum absolute atomic E-state index is 5.92. The summed E-state index contributed by atoms with van der Waals surface area (Å²) in [6, 6.07) is 17.0. The molecule has 1 unspecified atom stereocenters. The van der Waals surface area contributed by atoms with Crippen LogP contribution < -0.4 is 5.32 Å². The van der Waals surface area contributed by atoms with Gasteiger partial charge in [0.05, 0.1) is 0 Å². The van der Waals surface area contributed by atoms with Gasteiger partial charge in [0.25, 0.3) is 0 Å². The number of benzene rings is 2. The number of likely N-dealkylation sites (N-methyl/N-ethyl adjacent to an activating group) is 1. The van der Waals surface area contributed by atoms with Crippen molar-refractivity contribution in [3.8, 4) is 0 Å². The van der Waals surface area contributed by atoms with Crippen LogP contribution in [0.2, 0.25) is 5.02 Å². The molecule has 0 spiro atoms. The third kappa shape index (κ3) is 3.34. The second-order valence-corrected chi connectivity index (χ2v) is 5.02. The summed E-state index contributed by atoms with van der Waals surface area (Å²) in [6.45, 7) is 2.13. The summed E-state index contributed by atoms with van der Waals surface area (Å²) in [4.78, 5) is 0. The van der Waals surface area contributed by atoms with Crippen LogP contribution in [0.5, 0.6) is 0 Å². The predicted molar refractivity (Wildman–Crippen MR) is 78.1 cm³/mol. The van der Waals surface area contributed by atoms with E-state index in [0.29, 0.717) is 6.04 Å². The molecule has 1 atom stereocenters. The lowest BCUT2D eigenvalue weighted by Gasteiger charge is -2.17. The summed E-state index contributed by atoms with van der Waals surface area (Å²) in [5.74, 6) is 0. The second kappa shape index (κ2) is 6.03. The van der Waals surface area contributed by atoms with Crippen LogP contribution in [0, 0.1) is 6.92 Å². The van der Waals surface area contributed by atoms with Gasteiger partial charge < -0.3 is 5.32 Å². The molecule has 18 heavy (non-hydrogen) atoms. The quantitative estimate of drug-likeness (QED) is 0.870. The fourth-order valence-corrected chi connectivity index (χ4v) is 2.28. The monoisotopic (exact) mass is 259 g/mol. The standard InChI is InChI=1S/C16H18ClN/c1-12-4-3-5-13(10-12)11-16(18-2)14-6-8-15(17)9-7-14/h3-10,16,18H,11H2,1-2H3. The molecule has 0 saturated carbocycles. The Bertz CT molecular complexity index is 505. The van der Waals surface area contributed by atoms with Crippen LogP contribution >= 0.6 is 11.6 Å². The lowest BCUT2D eigenvalue weighted by atomic mass is 9.98. The molecule has 2 heteroatoms. The van der Waals surface area contributed by atoms with Crippen LogP contribution in [0.4, 0.5) is 0 Å². The molecule has 0 aliphatic heterocycles. The molecule has 0 radical (unpaired) electrons. The topological polar surface area (TPSA) is 12.0 Å². The van der Waals surface area contributed by atoms with E-state index in [9.17, 15) is 0 Å². The number of halogens is 1. The molecule has 2 aromatic rings. The van der Waals surface area contributed by atoms with Crippen molar-refractivity contribution in [2.45, 2.75) is 19.4 Å². The lowest BCUT2D eigenvalue weighted by molar-refractivity contribution is 0.592. The van der Waals surface area contributed by atoms with Crippen LogP contribution in [0.15, 0.2) is 48.5 Å². The number of rotatable bonds is 4. The van der Waals surface area contributed by atoms with Crippen molar-refractivity contribution >= 4 is 11.6 Å². The van der Waals surface area contributed by atoms with Crippen molar-refractivity contribution in [2.75, 3.05) is 7.05 Å². The smallest absolute Gasteiger partial charge is 0.0406 e. The summed E-state index contributed by atoms with van der Waals surface area (Å²) in [7, 11) is 2.00. The van der Waals surface area contributed by atoms with Gasteiger partial charge in [0, 0.05) is 11.1 Å². The number of nitrogens with one attached hydrogen (secondary N) is 1. The minimum absolute atomic E-state index is 0.323. The van der Waals surface area contributed by atoms with Crippen molar-refractivity contribution in [1.29, 1.82) is 0 Å². The van der Waals surface area contributed by atoms with E-state index in [2.05, 4.69) is 48.6 Å². The fraction of sp³-hybridized carbons (Fsp3) is 0.250. The largest absolute Gasteiger partial charge is 0.313 e.